The highest BCUT2D eigenvalue weighted by atomic mass is 127. The first-order chi connectivity index (χ1) is 16.4. The smallest absolute Gasteiger partial charge is 0.305 e. The molecule has 34 heavy (non-hydrogen) atoms. The Bertz CT molecular complexity index is 1050. The van der Waals surface area contributed by atoms with Gasteiger partial charge in [-0.2, -0.15) is 0 Å². The number of carbonyl (C=O) groups excluding carboxylic acids is 2. The first kappa shape index (κ1) is 24.8. The number of halogens is 1. The monoisotopic (exact) mass is 579 g/mol. The standard InChI is InChI=1S/C26H30INO6/c1-3-12-34-26-16(27)13-15(14-21(26)33-2)23-24-17(6-4-8-19(24)29)28(11-10-22(31)32)18-7-5-9-20(30)25(18)23/h13-14,23H,3-12H2,1-2H3,(H,31,32). The van der Waals surface area contributed by atoms with Crippen molar-refractivity contribution in [3.63, 3.8) is 0 Å². The van der Waals surface area contributed by atoms with Gasteiger partial charge < -0.3 is 19.5 Å². The van der Waals surface area contributed by atoms with Crippen molar-refractivity contribution < 1.29 is 29.0 Å². The maximum atomic E-state index is 13.3. The maximum Gasteiger partial charge on any atom is 0.305 e. The van der Waals surface area contributed by atoms with Crippen molar-refractivity contribution in [2.75, 3.05) is 20.3 Å². The highest BCUT2D eigenvalue weighted by Crippen LogP contribution is 2.50. The lowest BCUT2D eigenvalue weighted by molar-refractivity contribution is -0.137. The number of methoxy groups -OCH3 is 1. The zero-order valence-corrected chi connectivity index (χ0v) is 21.8. The zero-order valence-electron chi connectivity index (χ0n) is 19.6. The van der Waals surface area contributed by atoms with E-state index in [1.807, 2.05) is 24.0 Å². The molecule has 8 heteroatoms. The second-order valence-electron chi connectivity index (χ2n) is 8.89. The fourth-order valence-corrected chi connectivity index (χ4v) is 6.06. The minimum Gasteiger partial charge on any atom is -0.493 e. The van der Waals surface area contributed by atoms with Crippen LogP contribution in [-0.4, -0.2) is 47.8 Å². The first-order valence-corrected chi connectivity index (χ1v) is 13.0. The molecule has 0 unspecified atom stereocenters. The number of carbonyl (C=O) groups is 3. The van der Waals surface area contributed by atoms with Gasteiger partial charge in [-0.1, -0.05) is 6.92 Å². The van der Waals surface area contributed by atoms with Gasteiger partial charge in [0.15, 0.2) is 23.1 Å². The average molecular weight is 579 g/mol. The first-order valence-electron chi connectivity index (χ1n) is 11.9. The minimum absolute atomic E-state index is 0.0387. The molecular formula is C26H30INO6. The van der Waals surface area contributed by atoms with Crippen LogP contribution in [0.1, 0.15) is 69.8 Å². The number of carboxylic acid groups (broad SMARTS) is 1. The van der Waals surface area contributed by atoms with Crippen LogP contribution in [0.4, 0.5) is 0 Å². The molecule has 2 aliphatic carbocycles. The quantitative estimate of drug-likeness (QED) is 0.435. The van der Waals surface area contributed by atoms with Gasteiger partial charge in [0.05, 0.1) is 23.7 Å². The highest BCUT2D eigenvalue weighted by Gasteiger charge is 2.43. The number of nitrogens with zero attached hydrogens (tertiary/aromatic N) is 1. The summed E-state index contributed by atoms with van der Waals surface area (Å²) in [5.74, 6) is -0.0269. The summed E-state index contributed by atoms with van der Waals surface area (Å²) in [7, 11) is 1.59. The number of Topliss-reactive ketones (excluding diaryl/α,β-unsaturated/α-hetero) is 2. The summed E-state index contributed by atoms with van der Waals surface area (Å²) in [5, 5.41) is 9.33. The van der Waals surface area contributed by atoms with Crippen LogP contribution < -0.4 is 9.47 Å². The van der Waals surface area contributed by atoms with E-state index in [1.54, 1.807) is 7.11 Å². The van der Waals surface area contributed by atoms with Crippen LogP contribution >= 0.6 is 22.6 Å². The number of allylic oxidation sites excluding steroid dienone is 4. The molecule has 0 saturated carbocycles. The SMILES string of the molecule is CCCOc1c(I)cc(C2C3=C(CCCC3=O)N(CCC(=O)O)C3=C2C(=O)CCC3)cc1OC. The van der Waals surface area contributed by atoms with Crippen molar-refractivity contribution >= 4 is 40.1 Å². The third-order valence-corrected chi connectivity index (χ3v) is 7.47. The molecule has 0 atom stereocenters. The molecule has 182 valence electrons. The van der Waals surface area contributed by atoms with Crippen LogP contribution in [-0.2, 0) is 14.4 Å². The molecule has 0 amide bonds. The summed E-state index contributed by atoms with van der Waals surface area (Å²) in [6, 6.07) is 3.88. The van der Waals surface area contributed by atoms with Gasteiger partial charge in [0.25, 0.3) is 0 Å². The molecule has 1 aliphatic heterocycles. The Morgan fingerprint density at radius 1 is 1.09 bits per heavy atom. The Hall–Kier alpha value is -2.36. The summed E-state index contributed by atoms with van der Waals surface area (Å²) in [4.78, 5) is 40.0. The van der Waals surface area contributed by atoms with Gasteiger partial charge >= 0.3 is 5.97 Å². The van der Waals surface area contributed by atoms with E-state index >= 15 is 0 Å². The second-order valence-corrected chi connectivity index (χ2v) is 10.0. The number of ketones is 2. The third-order valence-electron chi connectivity index (χ3n) is 6.67. The number of hydrogen-bond donors (Lipinski definition) is 1. The number of benzene rings is 1. The molecule has 0 radical (unpaired) electrons. The topological polar surface area (TPSA) is 93.1 Å². The summed E-state index contributed by atoms with van der Waals surface area (Å²) < 4.78 is 12.4. The largest absolute Gasteiger partial charge is 0.493 e. The molecule has 1 aromatic carbocycles. The van der Waals surface area contributed by atoms with Crippen LogP contribution in [0.15, 0.2) is 34.7 Å². The number of aliphatic carboxylic acids is 1. The second kappa shape index (κ2) is 10.5. The van der Waals surface area contributed by atoms with Crippen LogP contribution in [0.25, 0.3) is 0 Å². The normalized spacial score (nSPS) is 18.7. The minimum atomic E-state index is -0.891. The maximum absolute atomic E-state index is 13.3. The molecular weight excluding hydrogens is 549 g/mol. The van der Waals surface area contributed by atoms with Crippen molar-refractivity contribution in [2.45, 2.75) is 64.2 Å². The molecule has 0 aromatic heterocycles. The van der Waals surface area contributed by atoms with Crippen molar-refractivity contribution in [1.29, 1.82) is 0 Å². The predicted molar refractivity (Wildman–Crippen MR) is 135 cm³/mol. The van der Waals surface area contributed by atoms with Crippen molar-refractivity contribution in [3.8, 4) is 11.5 Å². The Morgan fingerprint density at radius 3 is 2.24 bits per heavy atom. The fraction of sp³-hybridized carbons (Fsp3) is 0.500. The summed E-state index contributed by atoms with van der Waals surface area (Å²) in [6.45, 7) is 2.87. The zero-order chi connectivity index (χ0) is 24.4. The summed E-state index contributed by atoms with van der Waals surface area (Å²) >= 11 is 2.22. The molecule has 1 aromatic rings. The molecule has 1 heterocycles. The predicted octanol–water partition coefficient (Wildman–Crippen LogP) is 4.98. The third kappa shape index (κ3) is 4.61. The van der Waals surface area contributed by atoms with E-state index in [0.29, 0.717) is 54.9 Å². The molecule has 1 N–H and O–H groups in total. The summed E-state index contributed by atoms with van der Waals surface area (Å²) in [6.07, 6.45) is 4.56. The van der Waals surface area contributed by atoms with Gasteiger partial charge in [-0.05, 0) is 72.4 Å². The van der Waals surface area contributed by atoms with Crippen LogP contribution in [0.2, 0.25) is 0 Å². The average Bonchev–Trinajstić information content (AvgIpc) is 2.81. The van der Waals surface area contributed by atoms with Crippen molar-refractivity contribution in [3.05, 3.63) is 43.8 Å². The Kier molecular flexibility index (Phi) is 7.64. The Balaban J connectivity index is 1.90. The van der Waals surface area contributed by atoms with E-state index in [4.69, 9.17) is 9.47 Å². The molecule has 4 rings (SSSR count). The number of rotatable bonds is 8. The molecule has 7 nitrogen and oxygen atoms in total. The van der Waals surface area contributed by atoms with Gasteiger partial charge in [0.2, 0.25) is 0 Å². The van der Waals surface area contributed by atoms with Crippen LogP contribution in [0, 0.1) is 3.57 Å². The Morgan fingerprint density at radius 2 is 1.71 bits per heavy atom. The van der Waals surface area contributed by atoms with E-state index in [1.165, 1.54) is 0 Å². The van der Waals surface area contributed by atoms with E-state index in [9.17, 15) is 19.5 Å². The van der Waals surface area contributed by atoms with Gasteiger partial charge in [-0.15, -0.1) is 0 Å². The molecule has 0 fully saturated rings. The number of carboxylic acids is 1. The van der Waals surface area contributed by atoms with Crippen molar-refractivity contribution in [1.82, 2.24) is 4.90 Å². The van der Waals surface area contributed by atoms with Gasteiger partial charge in [-0.25, -0.2) is 0 Å². The van der Waals surface area contributed by atoms with Crippen LogP contribution in [0.5, 0.6) is 11.5 Å². The van der Waals surface area contributed by atoms with Gasteiger partial charge in [0.1, 0.15) is 0 Å². The lowest BCUT2D eigenvalue weighted by atomic mass is 9.71. The Labute approximate surface area is 213 Å². The van der Waals surface area contributed by atoms with E-state index in [0.717, 1.165) is 39.8 Å². The lowest BCUT2D eigenvalue weighted by Gasteiger charge is -2.44. The van der Waals surface area contributed by atoms with Crippen molar-refractivity contribution in [2.24, 2.45) is 0 Å². The number of hydrogen-bond acceptors (Lipinski definition) is 6. The fourth-order valence-electron chi connectivity index (χ4n) is 5.28. The molecule has 0 bridgehead atoms. The number of ether oxygens (including phenoxy) is 2. The molecule has 0 spiro atoms. The van der Waals surface area contributed by atoms with Gasteiger partial charge in [-0.3, -0.25) is 14.4 Å². The van der Waals surface area contributed by atoms with E-state index in [-0.39, 0.29) is 24.5 Å². The summed E-state index contributed by atoms with van der Waals surface area (Å²) in [5.41, 5.74) is 3.90. The van der Waals surface area contributed by atoms with Crippen LogP contribution in [0.3, 0.4) is 0 Å². The van der Waals surface area contributed by atoms with E-state index in [2.05, 4.69) is 22.6 Å². The lowest BCUT2D eigenvalue weighted by Crippen LogP contribution is -2.40. The molecule has 0 saturated heterocycles. The van der Waals surface area contributed by atoms with Gasteiger partial charge in [0, 0.05) is 47.8 Å². The highest BCUT2D eigenvalue weighted by molar-refractivity contribution is 14.1. The molecule has 3 aliphatic rings. The van der Waals surface area contributed by atoms with E-state index < -0.39 is 11.9 Å².